The van der Waals surface area contributed by atoms with E-state index < -0.39 is 5.97 Å². The van der Waals surface area contributed by atoms with Crippen LogP contribution in [-0.4, -0.2) is 28.5 Å². The summed E-state index contributed by atoms with van der Waals surface area (Å²) >= 11 is 0. The van der Waals surface area contributed by atoms with E-state index in [1.165, 1.54) is 17.8 Å². The molecule has 1 aliphatic rings. The van der Waals surface area contributed by atoms with Crippen LogP contribution < -0.4 is 5.32 Å². The van der Waals surface area contributed by atoms with Crippen LogP contribution in [0.1, 0.15) is 51.2 Å². The van der Waals surface area contributed by atoms with Gasteiger partial charge in [-0.05, 0) is 36.3 Å². The number of amides is 1. The van der Waals surface area contributed by atoms with E-state index in [0.717, 1.165) is 6.42 Å². The van der Waals surface area contributed by atoms with Gasteiger partial charge in [-0.3, -0.25) is 9.78 Å². The standard InChI is InChI=1S/C19H20N2O3/c1-12-15(8-14(10-20-12)18(23)24)17(22)21-11-19(2)9-16(19)13-6-4-3-5-7-13/h3-8,10,16H,9,11H2,1-2H3,(H,21,22)(H,23,24)/t16-,19-/m1/s1. The Morgan fingerprint density at radius 3 is 2.71 bits per heavy atom. The van der Waals surface area contributed by atoms with Crippen molar-refractivity contribution in [3.8, 4) is 0 Å². The highest BCUT2D eigenvalue weighted by molar-refractivity contribution is 5.98. The summed E-state index contributed by atoms with van der Waals surface area (Å²) in [7, 11) is 0. The van der Waals surface area contributed by atoms with Crippen molar-refractivity contribution in [1.29, 1.82) is 0 Å². The number of nitrogens with zero attached hydrogens (tertiary/aromatic N) is 1. The molecule has 1 aliphatic carbocycles. The number of aryl methyl sites for hydroxylation is 1. The number of benzene rings is 1. The van der Waals surface area contributed by atoms with Gasteiger partial charge in [-0.2, -0.15) is 0 Å². The summed E-state index contributed by atoms with van der Waals surface area (Å²) in [6, 6.07) is 11.7. The molecule has 2 N–H and O–H groups in total. The van der Waals surface area contributed by atoms with E-state index in [1.807, 2.05) is 18.2 Å². The van der Waals surface area contributed by atoms with Gasteiger partial charge in [0.1, 0.15) is 0 Å². The van der Waals surface area contributed by atoms with Gasteiger partial charge in [-0.15, -0.1) is 0 Å². The van der Waals surface area contributed by atoms with Gasteiger partial charge in [-0.25, -0.2) is 4.79 Å². The summed E-state index contributed by atoms with van der Waals surface area (Å²) in [5.74, 6) is -0.915. The maximum Gasteiger partial charge on any atom is 0.337 e. The van der Waals surface area contributed by atoms with Crippen molar-refractivity contribution in [1.82, 2.24) is 10.3 Å². The van der Waals surface area contributed by atoms with Crippen molar-refractivity contribution in [3.63, 3.8) is 0 Å². The Hall–Kier alpha value is -2.69. The molecule has 0 unspecified atom stereocenters. The van der Waals surface area contributed by atoms with Crippen LogP contribution in [0.15, 0.2) is 42.6 Å². The van der Waals surface area contributed by atoms with Gasteiger partial charge in [0.2, 0.25) is 0 Å². The number of hydrogen-bond acceptors (Lipinski definition) is 3. The highest BCUT2D eigenvalue weighted by Crippen LogP contribution is 2.58. The topological polar surface area (TPSA) is 79.3 Å². The van der Waals surface area contributed by atoms with Crippen LogP contribution in [0.25, 0.3) is 0 Å². The molecule has 1 aromatic carbocycles. The lowest BCUT2D eigenvalue weighted by atomic mass is 10.0. The molecule has 2 atom stereocenters. The van der Waals surface area contributed by atoms with Gasteiger partial charge in [0.15, 0.2) is 0 Å². The highest BCUT2D eigenvalue weighted by atomic mass is 16.4. The molecular weight excluding hydrogens is 304 g/mol. The minimum absolute atomic E-state index is 0.0190. The van der Waals surface area contributed by atoms with Gasteiger partial charge < -0.3 is 10.4 Å². The fourth-order valence-electron chi connectivity index (χ4n) is 3.07. The predicted octanol–water partition coefficient (Wildman–Crippen LogP) is 3.01. The summed E-state index contributed by atoms with van der Waals surface area (Å²) in [4.78, 5) is 27.5. The highest BCUT2D eigenvalue weighted by Gasteiger charge is 2.50. The number of carbonyl (C=O) groups excluding carboxylic acids is 1. The van der Waals surface area contributed by atoms with Gasteiger partial charge in [0.05, 0.1) is 16.8 Å². The van der Waals surface area contributed by atoms with Crippen LogP contribution in [-0.2, 0) is 0 Å². The zero-order chi connectivity index (χ0) is 17.3. The smallest absolute Gasteiger partial charge is 0.337 e. The fraction of sp³-hybridized carbons (Fsp3) is 0.316. The van der Waals surface area contributed by atoms with Crippen molar-refractivity contribution in [2.45, 2.75) is 26.2 Å². The Morgan fingerprint density at radius 2 is 2.04 bits per heavy atom. The van der Waals surface area contributed by atoms with Crippen molar-refractivity contribution >= 4 is 11.9 Å². The number of rotatable bonds is 5. The molecule has 1 fully saturated rings. The molecule has 1 heterocycles. The summed E-state index contributed by atoms with van der Waals surface area (Å²) in [6.07, 6.45) is 2.30. The summed E-state index contributed by atoms with van der Waals surface area (Å²) in [5, 5.41) is 12.0. The number of aromatic carboxylic acids is 1. The van der Waals surface area contributed by atoms with Crippen molar-refractivity contribution in [2.24, 2.45) is 5.41 Å². The molecule has 0 saturated heterocycles. The van der Waals surface area contributed by atoms with Gasteiger partial charge in [0, 0.05) is 12.7 Å². The third-order valence-electron chi connectivity index (χ3n) is 4.78. The molecule has 3 rings (SSSR count). The largest absolute Gasteiger partial charge is 0.478 e. The average Bonchev–Trinajstić information content (AvgIpc) is 3.26. The van der Waals surface area contributed by atoms with Crippen LogP contribution in [0, 0.1) is 12.3 Å². The predicted molar refractivity (Wildman–Crippen MR) is 90.2 cm³/mol. The Bertz CT molecular complexity index is 788. The number of hydrogen-bond donors (Lipinski definition) is 2. The van der Waals surface area contributed by atoms with E-state index in [2.05, 4.69) is 29.4 Å². The average molecular weight is 324 g/mol. The Balaban J connectivity index is 1.67. The molecule has 1 amide bonds. The Kier molecular flexibility index (Phi) is 4.09. The third kappa shape index (κ3) is 3.15. The van der Waals surface area contributed by atoms with Crippen molar-refractivity contribution in [2.75, 3.05) is 6.54 Å². The summed E-state index contributed by atoms with van der Waals surface area (Å²) in [6.45, 7) is 4.41. The second kappa shape index (κ2) is 6.07. The van der Waals surface area contributed by atoms with E-state index in [9.17, 15) is 9.59 Å². The van der Waals surface area contributed by atoms with Crippen LogP contribution in [0.2, 0.25) is 0 Å². The quantitative estimate of drug-likeness (QED) is 0.886. The van der Waals surface area contributed by atoms with E-state index in [0.29, 0.717) is 23.7 Å². The number of aromatic nitrogens is 1. The first-order chi connectivity index (χ1) is 11.4. The first-order valence-electron chi connectivity index (χ1n) is 7.94. The number of carboxylic acid groups (broad SMARTS) is 1. The molecule has 0 bridgehead atoms. The molecule has 1 saturated carbocycles. The Morgan fingerprint density at radius 1 is 1.33 bits per heavy atom. The first kappa shape index (κ1) is 16.2. The van der Waals surface area contributed by atoms with E-state index in [-0.39, 0.29) is 16.9 Å². The summed E-state index contributed by atoms with van der Waals surface area (Å²) in [5.41, 5.74) is 2.20. The molecule has 24 heavy (non-hydrogen) atoms. The Labute approximate surface area is 140 Å². The molecule has 5 nitrogen and oxygen atoms in total. The van der Waals surface area contributed by atoms with Crippen molar-refractivity contribution < 1.29 is 14.7 Å². The van der Waals surface area contributed by atoms with E-state index in [1.54, 1.807) is 6.92 Å². The van der Waals surface area contributed by atoms with E-state index >= 15 is 0 Å². The summed E-state index contributed by atoms with van der Waals surface area (Å²) < 4.78 is 0. The second-order valence-electron chi connectivity index (χ2n) is 6.67. The van der Waals surface area contributed by atoms with Crippen LogP contribution in [0.4, 0.5) is 0 Å². The molecular formula is C19H20N2O3. The number of pyridine rings is 1. The molecule has 5 heteroatoms. The van der Waals surface area contributed by atoms with Crippen LogP contribution in [0.5, 0.6) is 0 Å². The molecule has 1 aromatic heterocycles. The maximum atomic E-state index is 12.4. The lowest BCUT2D eigenvalue weighted by Gasteiger charge is -2.14. The monoisotopic (exact) mass is 324 g/mol. The maximum absolute atomic E-state index is 12.4. The number of nitrogens with one attached hydrogen (secondary N) is 1. The molecule has 124 valence electrons. The van der Waals surface area contributed by atoms with E-state index in [4.69, 9.17) is 5.11 Å². The fourth-order valence-corrected chi connectivity index (χ4v) is 3.07. The normalized spacial score (nSPS) is 22.0. The van der Waals surface area contributed by atoms with Gasteiger partial charge in [-0.1, -0.05) is 37.3 Å². The molecule has 0 aliphatic heterocycles. The van der Waals surface area contributed by atoms with Crippen molar-refractivity contribution in [3.05, 3.63) is 65.0 Å². The SMILES string of the molecule is Cc1ncc(C(=O)O)cc1C(=O)NC[C@@]1(C)C[C@@H]1c1ccccc1. The lowest BCUT2D eigenvalue weighted by molar-refractivity contribution is 0.0696. The van der Waals surface area contributed by atoms with Gasteiger partial charge >= 0.3 is 5.97 Å². The minimum Gasteiger partial charge on any atom is -0.478 e. The lowest BCUT2D eigenvalue weighted by Crippen LogP contribution is -2.30. The zero-order valence-electron chi connectivity index (χ0n) is 13.7. The molecule has 0 spiro atoms. The first-order valence-corrected chi connectivity index (χ1v) is 7.94. The van der Waals surface area contributed by atoms with Gasteiger partial charge in [0.25, 0.3) is 5.91 Å². The van der Waals surface area contributed by atoms with Crippen LogP contribution >= 0.6 is 0 Å². The number of carbonyl (C=O) groups is 2. The number of carboxylic acids is 1. The molecule has 2 aromatic rings. The van der Waals surface area contributed by atoms with Crippen LogP contribution in [0.3, 0.4) is 0 Å². The third-order valence-corrected chi connectivity index (χ3v) is 4.78. The molecule has 0 radical (unpaired) electrons. The minimum atomic E-state index is -1.09. The zero-order valence-corrected chi connectivity index (χ0v) is 13.7. The second-order valence-corrected chi connectivity index (χ2v) is 6.67.